The first-order valence-electron chi connectivity index (χ1n) is 6.93. The molecule has 2 N–H and O–H groups in total. The van der Waals surface area contributed by atoms with Gasteiger partial charge >= 0.3 is 0 Å². The molecular weight excluding hydrogens is 264 g/mol. The number of fused-ring (bicyclic) bond motifs is 1. The third-order valence-corrected chi connectivity index (χ3v) is 3.80. The van der Waals surface area contributed by atoms with Crippen molar-refractivity contribution in [1.82, 2.24) is 4.90 Å². The largest absolute Gasteiger partial charge is 0.399 e. The highest BCUT2D eigenvalue weighted by Gasteiger charge is 2.30. The molecule has 0 fully saturated rings. The van der Waals surface area contributed by atoms with Gasteiger partial charge in [0.05, 0.1) is 6.42 Å². The van der Waals surface area contributed by atoms with Crippen LogP contribution in [0.5, 0.6) is 0 Å². The van der Waals surface area contributed by atoms with E-state index in [9.17, 15) is 9.59 Å². The molecule has 0 atom stereocenters. The molecule has 3 rings (SSSR count). The minimum absolute atomic E-state index is 0.145. The molecule has 0 saturated heterocycles. The van der Waals surface area contributed by atoms with Crippen molar-refractivity contribution in [2.24, 2.45) is 0 Å². The van der Waals surface area contributed by atoms with E-state index in [1.807, 2.05) is 42.5 Å². The van der Waals surface area contributed by atoms with E-state index in [0.29, 0.717) is 24.2 Å². The molecule has 2 amide bonds. The van der Waals surface area contributed by atoms with Crippen molar-refractivity contribution in [3.63, 3.8) is 0 Å². The Morgan fingerprint density at radius 3 is 2.52 bits per heavy atom. The minimum atomic E-state index is -0.212. The van der Waals surface area contributed by atoms with Crippen molar-refractivity contribution < 1.29 is 9.59 Å². The van der Waals surface area contributed by atoms with Crippen molar-refractivity contribution in [3.05, 3.63) is 65.2 Å². The zero-order valence-corrected chi connectivity index (χ0v) is 11.6. The van der Waals surface area contributed by atoms with Crippen LogP contribution in [0.3, 0.4) is 0 Å². The van der Waals surface area contributed by atoms with Crippen molar-refractivity contribution in [3.8, 4) is 0 Å². The Labute approximate surface area is 123 Å². The van der Waals surface area contributed by atoms with Crippen LogP contribution in [0.4, 0.5) is 5.69 Å². The zero-order chi connectivity index (χ0) is 14.8. The highest BCUT2D eigenvalue weighted by Crippen LogP contribution is 2.20. The number of nitrogen functional groups attached to an aromatic ring is 1. The summed E-state index contributed by atoms with van der Waals surface area (Å²) in [7, 11) is 0. The lowest BCUT2D eigenvalue weighted by molar-refractivity contribution is -0.128. The number of benzene rings is 2. The molecule has 0 aliphatic carbocycles. The molecule has 0 saturated carbocycles. The van der Waals surface area contributed by atoms with Gasteiger partial charge in [-0.1, -0.05) is 36.4 Å². The molecule has 1 heterocycles. The fourth-order valence-electron chi connectivity index (χ4n) is 2.62. The number of hydrogen-bond acceptors (Lipinski definition) is 3. The molecule has 0 unspecified atom stereocenters. The van der Waals surface area contributed by atoms with E-state index in [-0.39, 0.29) is 18.2 Å². The molecule has 1 aliphatic heterocycles. The molecule has 0 aromatic heterocycles. The zero-order valence-electron chi connectivity index (χ0n) is 11.6. The second-order valence-corrected chi connectivity index (χ2v) is 5.13. The quantitative estimate of drug-likeness (QED) is 0.691. The number of rotatable bonds is 3. The molecule has 4 nitrogen and oxygen atoms in total. The van der Waals surface area contributed by atoms with Gasteiger partial charge in [0.2, 0.25) is 5.91 Å². The molecular formula is C17H16N2O2. The SMILES string of the molecule is Nc1ccccc1CCN1C(=O)Cc2ccccc2C1=O. The van der Waals surface area contributed by atoms with Crippen LogP contribution in [0, 0.1) is 0 Å². The summed E-state index contributed by atoms with van der Waals surface area (Å²) in [4.78, 5) is 25.9. The van der Waals surface area contributed by atoms with Crippen molar-refractivity contribution in [1.29, 1.82) is 0 Å². The number of hydrogen-bond donors (Lipinski definition) is 1. The van der Waals surface area contributed by atoms with Crippen molar-refractivity contribution >= 4 is 17.5 Å². The molecule has 21 heavy (non-hydrogen) atoms. The molecule has 4 heteroatoms. The summed E-state index contributed by atoms with van der Waals surface area (Å²) in [6.07, 6.45) is 0.860. The van der Waals surface area contributed by atoms with Gasteiger partial charge in [0, 0.05) is 17.8 Å². The van der Waals surface area contributed by atoms with Crippen LogP contribution >= 0.6 is 0 Å². The lowest BCUT2D eigenvalue weighted by atomic mass is 9.98. The Hall–Kier alpha value is -2.62. The van der Waals surface area contributed by atoms with Crippen molar-refractivity contribution in [2.45, 2.75) is 12.8 Å². The third-order valence-electron chi connectivity index (χ3n) is 3.80. The predicted octanol–water partition coefficient (Wildman–Crippen LogP) is 2.04. The van der Waals surface area contributed by atoms with Crippen LogP contribution in [-0.2, 0) is 17.6 Å². The maximum Gasteiger partial charge on any atom is 0.260 e. The van der Waals surface area contributed by atoms with E-state index < -0.39 is 0 Å². The van der Waals surface area contributed by atoms with Gasteiger partial charge in [-0.05, 0) is 29.7 Å². The normalized spacial score (nSPS) is 14.2. The standard InChI is InChI=1S/C17H16N2O2/c18-15-8-4-2-5-12(15)9-10-19-16(20)11-13-6-1-3-7-14(13)17(19)21/h1-8H,9-11,18H2. The van der Waals surface area contributed by atoms with Gasteiger partial charge in [0.15, 0.2) is 0 Å². The summed E-state index contributed by atoms with van der Waals surface area (Å²) in [5, 5.41) is 0. The number of para-hydroxylation sites is 1. The van der Waals surface area contributed by atoms with Gasteiger partial charge in [-0.3, -0.25) is 14.5 Å². The van der Waals surface area contributed by atoms with Crippen LogP contribution in [0.25, 0.3) is 0 Å². The number of carbonyl (C=O) groups is 2. The van der Waals surface area contributed by atoms with Gasteiger partial charge in [0.25, 0.3) is 5.91 Å². The van der Waals surface area contributed by atoms with Crippen LogP contribution in [0.15, 0.2) is 48.5 Å². The Morgan fingerprint density at radius 1 is 1.00 bits per heavy atom. The number of carbonyl (C=O) groups excluding carboxylic acids is 2. The first-order chi connectivity index (χ1) is 10.2. The van der Waals surface area contributed by atoms with Crippen LogP contribution in [-0.4, -0.2) is 23.3 Å². The molecule has 2 aromatic carbocycles. The monoisotopic (exact) mass is 280 g/mol. The highest BCUT2D eigenvalue weighted by molar-refractivity contribution is 6.09. The molecule has 106 valence electrons. The highest BCUT2D eigenvalue weighted by atomic mass is 16.2. The molecule has 0 radical (unpaired) electrons. The number of amides is 2. The van der Waals surface area contributed by atoms with Gasteiger partial charge in [-0.15, -0.1) is 0 Å². The fourth-order valence-corrected chi connectivity index (χ4v) is 2.62. The average Bonchev–Trinajstić information content (AvgIpc) is 2.49. The maximum absolute atomic E-state index is 12.4. The van der Waals surface area contributed by atoms with E-state index in [1.165, 1.54) is 4.90 Å². The average molecular weight is 280 g/mol. The van der Waals surface area contributed by atoms with E-state index in [4.69, 9.17) is 5.73 Å². The number of nitrogens with two attached hydrogens (primary N) is 1. The third kappa shape index (κ3) is 2.52. The Balaban J connectivity index is 1.79. The lowest BCUT2D eigenvalue weighted by Gasteiger charge is -2.26. The Morgan fingerprint density at radius 2 is 1.71 bits per heavy atom. The number of anilines is 1. The second kappa shape index (κ2) is 5.40. The van der Waals surface area contributed by atoms with Crippen LogP contribution in [0.2, 0.25) is 0 Å². The maximum atomic E-state index is 12.4. The number of imide groups is 1. The fraction of sp³-hybridized carbons (Fsp3) is 0.176. The van der Waals surface area contributed by atoms with Crippen molar-refractivity contribution in [2.75, 3.05) is 12.3 Å². The second-order valence-electron chi connectivity index (χ2n) is 5.13. The summed E-state index contributed by atoms with van der Waals surface area (Å²) < 4.78 is 0. The van der Waals surface area contributed by atoms with Gasteiger partial charge < -0.3 is 5.73 Å². The van der Waals surface area contributed by atoms with Gasteiger partial charge in [-0.25, -0.2) is 0 Å². The summed E-state index contributed by atoms with van der Waals surface area (Å²) in [5.74, 6) is -0.357. The first kappa shape index (κ1) is 13.4. The molecule has 2 aromatic rings. The molecule has 0 spiro atoms. The summed E-state index contributed by atoms with van der Waals surface area (Å²) in [5.41, 5.74) is 8.97. The smallest absolute Gasteiger partial charge is 0.260 e. The lowest BCUT2D eigenvalue weighted by Crippen LogP contribution is -2.43. The predicted molar refractivity (Wildman–Crippen MR) is 80.7 cm³/mol. The van der Waals surface area contributed by atoms with E-state index >= 15 is 0 Å². The topological polar surface area (TPSA) is 63.4 Å². The van der Waals surface area contributed by atoms with E-state index in [0.717, 1.165) is 11.1 Å². The van der Waals surface area contributed by atoms with E-state index in [2.05, 4.69) is 0 Å². The summed E-state index contributed by atoms with van der Waals surface area (Å²) >= 11 is 0. The van der Waals surface area contributed by atoms with E-state index in [1.54, 1.807) is 6.07 Å². The summed E-state index contributed by atoms with van der Waals surface area (Å²) in [6.45, 7) is 0.361. The van der Waals surface area contributed by atoms with Crippen LogP contribution < -0.4 is 5.73 Å². The molecule has 1 aliphatic rings. The number of nitrogens with zero attached hydrogens (tertiary/aromatic N) is 1. The first-order valence-corrected chi connectivity index (χ1v) is 6.93. The Kier molecular flexibility index (Phi) is 3.44. The van der Waals surface area contributed by atoms with Gasteiger partial charge in [0.1, 0.15) is 0 Å². The summed E-state index contributed by atoms with van der Waals surface area (Å²) in [6, 6.07) is 14.8. The van der Waals surface area contributed by atoms with Crippen LogP contribution in [0.1, 0.15) is 21.5 Å². The Bertz CT molecular complexity index is 709. The minimum Gasteiger partial charge on any atom is -0.399 e. The molecule has 0 bridgehead atoms. The van der Waals surface area contributed by atoms with Gasteiger partial charge in [-0.2, -0.15) is 0 Å².